The number of rotatable bonds is 7. The Bertz CT molecular complexity index is 1130. The number of carbonyl (C=O) groups excluding carboxylic acids is 1. The zero-order valence-electron chi connectivity index (χ0n) is 18.4. The number of allylic oxidation sites excluding steroid dienone is 1. The van der Waals surface area contributed by atoms with E-state index in [0.717, 1.165) is 22.8 Å². The molecule has 0 bridgehead atoms. The fourth-order valence-corrected chi connectivity index (χ4v) is 6.43. The van der Waals surface area contributed by atoms with E-state index in [-0.39, 0.29) is 35.9 Å². The normalized spacial score (nSPS) is 16.4. The quantitative estimate of drug-likeness (QED) is 0.493. The van der Waals surface area contributed by atoms with Crippen molar-refractivity contribution in [3.63, 3.8) is 0 Å². The number of carbonyl (C=O) groups is 1. The van der Waals surface area contributed by atoms with E-state index >= 15 is 0 Å². The summed E-state index contributed by atoms with van der Waals surface area (Å²) in [4.78, 5) is 12.5. The minimum absolute atomic E-state index is 0.00279. The van der Waals surface area contributed by atoms with E-state index in [1.54, 1.807) is 13.0 Å². The van der Waals surface area contributed by atoms with Gasteiger partial charge in [-0.2, -0.15) is 0 Å². The van der Waals surface area contributed by atoms with E-state index in [1.807, 2.05) is 32.0 Å². The fraction of sp³-hybridized carbons (Fsp3) is 0.375. The molecule has 2 aromatic carbocycles. The molecular weight excluding hydrogens is 453 g/mol. The zero-order valence-corrected chi connectivity index (χ0v) is 20.0. The van der Waals surface area contributed by atoms with E-state index < -0.39 is 27.1 Å². The van der Waals surface area contributed by atoms with E-state index in [2.05, 4.69) is 0 Å². The van der Waals surface area contributed by atoms with Gasteiger partial charge in [-0.15, -0.1) is 0 Å². The molecule has 1 atom stereocenters. The van der Waals surface area contributed by atoms with Crippen LogP contribution in [0.25, 0.3) is 0 Å². The lowest BCUT2D eigenvalue weighted by Crippen LogP contribution is -2.42. The maximum atomic E-state index is 13.9. The molecule has 8 heteroatoms. The Hall–Kier alpha value is -2.38. The van der Waals surface area contributed by atoms with Gasteiger partial charge in [0.1, 0.15) is 11.1 Å². The van der Waals surface area contributed by atoms with Crippen molar-refractivity contribution in [3.8, 4) is 0 Å². The summed E-state index contributed by atoms with van der Waals surface area (Å²) in [7, 11) is -4.09. The first-order valence-corrected chi connectivity index (χ1v) is 12.4. The first kappa shape index (κ1) is 24.3. The molecule has 2 aromatic rings. The van der Waals surface area contributed by atoms with Crippen molar-refractivity contribution < 1.29 is 22.3 Å². The number of sulfonamides is 1. The van der Waals surface area contributed by atoms with Crippen molar-refractivity contribution in [2.45, 2.75) is 51.8 Å². The van der Waals surface area contributed by atoms with E-state index in [0.29, 0.717) is 12.8 Å². The number of anilines is 1. The van der Waals surface area contributed by atoms with Gasteiger partial charge in [-0.1, -0.05) is 47.0 Å². The predicted molar refractivity (Wildman–Crippen MR) is 125 cm³/mol. The molecule has 0 aliphatic heterocycles. The van der Waals surface area contributed by atoms with Gasteiger partial charge in [-0.25, -0.2) is 17.6 Å². The smallest absolute Gasteiger partial charge is 0.335 e. The van der Waals surface area contributed by atoms with Crippen LogP contribution in [0.3, 0.4) is 0 Å². The highest BCUT2D eigenvalue weighted by Gasteiger charge is 2.40. The Morgan fingerprint density at radius 2 is 1.88 bits per heavy atom. The number of ether oxygens (including phenoxy) is 1. The Labute approximate surface area is 193 Å². The van der Waals surface area contributed by atoms with E-state index in [1.165, 1.54) is 16.4 Å². The highest BCUT2D eigenvalue weighted by molar-refractivity contribution is 7.93. The number of hydrogen-bond acceptors (Lipinski definition) is 4. The minimum atomic E-state index is -4.09. The Kier molecular flexibility index (Phi) is 7.62. The maximum absolute atomic E-state index is 13.9. The third kappa shape index (κ3) is 5.33. The van der Waals surface area contributed by atoms with Crippen LogP contribution in [0, 0.1) is 19.7 Å². The molecule has 0 aromatic heterocycles. The highest BCUT2D eigenvalue weighted by atomic mass is 35.5. The number of benzene rings is 2. The van der Waals surface area contributed by atoms with Crippen LogP contribution >= 0.6 is 11.6 Å². The van der Waals surface area contributed by atoms with Crippen LogP contribution < -0.4 is 4.31 Å². The second-order valence-corrected chi connectivity index (χ2v) is 10.4. The number of nitrogens with zero attached hydrogens (tertiary/aromatic N) is 1. The molecule has 0 saturated heterocycles. The molecule has 5 nitrogen and oxygen atoms in total. The van der Waals surface area contributed by atoms with Gasteiger partial charge in [-0.3, -0.25) is 4.31 Å². The number of hydrogen-bond donors (Lipinski definition) is 0. The molecule has 0 fully saturated rings. The van der Waals surface area contributed by atoms with E-state index in [4.69, 9.17) is 16.3 Å². The summed E-state index contributed by atoms with van der Waals surface area (Å²) in [6.07, 6.45) is 3.16. The molecule has 0 N–H and O–H groups in total. The Balaban J connectivity index is 2.11. The Morgan fingerprint density at radius 3 is 2.50 bits per heavy atom. The molecule has 3 rings (SSSR count). The second kappa shape index (κ2) is 10.0. The first-order chi connectivity index (χ1) is 15.1. The van der Waals surface area contributed by atoms with E-state index in [9.17, 15) is 17.6 Å². The van der Waals surface area contributed by atoms with Crippen molar-refractivity contribution in [2.24, 2.45) is 0 Å². The number of esters is 1. The number of aryl methyl sites for hydroxylation is 2. The Morgan fingerprint density at radius 1 is 1.19 bits per heavy atom. The summed E-state index contributed by atoms with van der Waals surface area (Å²) in [5.41, 5.74) is 3.06. The summed E-state index contributed by atoms with van der Waals surface area (Å²) >= 11 is 6.29. The monoisotopic (exact) mass is 479 g/mol. The molecular formula is C24H27ClFNO4S. The molecule has 0 amide bonds. The second-order valence-electron chi connectivity index (χ2n) is 7.94. The SMILES string of the molecule is CCOC(=O)C1=CCCCC1S(=O)(=O)N(Cc1cc(C)cc(C)c1)c1ccc(F)cc1Cl. The summed E-state index contributed by atoms with van der Waals surface area (Å²) < 4.78 is 47.9. The fourth-order valence-electron chi connectivity index (χ4n) is 4.06. The van der Waals surface area contributed by atoms with Gasteiger partial charge in [0, 0.05) is 0 Å². The van der Waals surface area contributed by atoms with Gasteiger partial charge in [0.15, 0.2) is 0 Å². The van der Waals surface area contributed by atoms with Gasteiger partial charge in [0.2, 0.25) is 10.0 Å². The van der Waals surface area contributed by atoms with Crippen LogP contribution in [-0.4, -0.2) is 26.2 Å². The van der Waals surface area contributed by atoms with Crippen LogP contribution in [0.2, 0.25) is 5.02 Å². The molecule has 0 heterocycles. The molecule has 1 aliphatic rings. The van der Waals surface area contributed by atoms with Crippen molar-refractivity contribution in [3.05, 3.63) is 75.6 Å². The highest BCUT2D eigenvalue weighted by Crippen LogP contribution is 2.36. The van der Waals surface area contributed by atoms with Gasteiger partial charge in [0.25, 0.3) is 0 Å². The van der Waals surface area contributed by atoms with Crippen molar-refractivity contribution in [1.82, 2.24) is 0 Å². The van der Waals surface area contributed by atoms with Gasteiger partial charge in [0.05, 0.1) is 29.4 Å². The first-order valence-electron chi connectivity index (χ1n) is 10.5. The summed E-state index contributed by atoms with van der Waals surface area (Å²) in [5, 5.41) is -1.09. The van der Waals surface area contributed by atoms with Crippen LogP contribution in [0.1, 0.15) is 42.9 Å². The molecule has 1 unspecified atom stereocenters. The minimum Gasteiger partial charge on any atom is -0.463 e. The topological polar surface area (TPSA) is 63.7 Å². The lowest BCUT2D eigenvalue weighted by atomic mass is 9.99. The third-order valence-electron chi connectivity index (χ3n) is 5.35. The molecule has 0 radical (unpaired) electrons. The molecule has 0 spiro atoms. The van der Waals surface area contributed by atoms with Gasteiger partial charge < -0.3 is 4.74 Å². The summed E-state index contributed by atoms with van der Waals surface area (Å²) in [6, 6.07) is 9.41. The van der Waals surface area contributed by atoms with Gasteiger partial charge >= 0.3 is 5.97 Å². The van der Waals surface area contributed by atoms with Crippen LogP contribution in [0.4, 0.5) is 10.1 Å². The molecule has 1 aliphatic carbocycles. The average molecular weight is 480 g/mol. The summed E-state index contributed by atoms with van der Waals surface area (Å²) in [5.74, 6) is -1.19. The van der Waals surface area contributed by atoms with Crippen LogP contribution in [0.15, 0.2) is 48.0 Å². The summed E-state index contributed by atoms with van der Waals surface area (Å²) in [6.45, 7) is 5.70. The lowest BCUT2D eigenvalue weighted by molar-refractivity contribution is -0.138. The third-order valence-corrected chi connectivity index (χ3v) is 7.80. The van der Waals surface area contributed by atoms with Crippen molar-refractivity contribution in [2.75, 3.05) is 10.9 Å². The van der Waals surface area contributed by atoms with Crippen molar-refractivity contribution in [1.29, 1.82) is 0 Å². The lowest BCUT2D eigenvalue weighted by Gasteiger charge is -2.32. The van der Waals surface area contributed by atoms with Crippen molar-refractivity contribution >= 4 is 33.3 Å². The molecule has 0 saturated carbocycles. The molecule has 172 valence electrons. The molecule has 32 heavy (non-hydrogen) atoms. The largest absolute Gasteiger partial charge is 0.463 e. The van der Waals surface area contributed by atoms with Crippen LogP contribution in [-0.2, 0) is 26.1 Å². The standard InChI is InChI=1S/C24H27ClFNO4S/c1-4-31-24(28)20-7-5-6-8-23(20)32(29,30)27(22-10-9-19(26)14-21(22)25)15-18-12-16(2)11-17(3)13-18/h7,9-14,23H,4-6,8,15H2,1-3H3. The predicted octanol–water partition coefficient (Wildman–Crippen LogP) is 5.47. The van der Waals surface area contributed by atoms with Crippen LogP contribution in [0.5, 0.6) is 0 Å². The zero-order chi connectivity index (χ0) is 23.5. The van der Waals surface area contributed by atoms with Gasteiger partial charge in [-0.05, 0) is 63.8 Å². The maximum Gasteiger partial charge on any atom is 0.335 e. The number of halogens is 2. The average Bonchev–Trinajstić information content (AvgIpc) is 2.72.